The van der Waals surface area contributed by atoms with Crippen molar-refractivity contribution in [3.05, 3.63) is 77.9 Å². The molecule has 0 saturated carbocycles. The second kappa shape index (κ2) is 5.63. The van der Waals surface area contributed by atoms with Gasteiger partial charge in [-0.3, -0.25) is 0 Å². The number of benzene rings is 3. The van der Waals surface area contributed by atoms with Gasteiger partial charge < -0.3 is 5.11 Å². The van der Waals surface area contributed by atoms with E-state index < -0.39 is 17.6 Å². The van der Waals surface area contributed by atoms with E-state index in [2.05, 4.69) is 4.98 Å². The van der Waals surface area contributed by atoms with Crippen LogP contribution in [0, 0.1) is 11.6 Å². The summed E-state index contributed by atoms with van der Waals surface area (Å²) in [6.45, 7) is 0. The molecule has 0 bridgehead atoms. The Labute approximate surface area is 141 Å². The van der Waals surface area contributed by atoms with Crippen molar-refractivity contribution >= 4 is 27.6 Å². The van der Waals surface area contributed by atoms with Crippen molar-refractivity contribution in [3.63, 3.8) is 0 Å². The topological polar surface area (TPSA) is 50.2 Å². The second-order valence-electron chi connectivity index (χ2n) is 5.64. The van der Waals surface area contributed by atoms with Gasteiger partial charge in [0.2, 0.25) is 0 Å². The number of pyridine rings is 1. The second-order valence-corrected chi connectivity index (χ2v) is 5.64. The van der Waals surface area contributed by atoms with Crippen LogP contribution in [0.1, 0.15) is 10.4 Å². The lowest BCUT2D eigenvalue weighted by atomic mass is 9.98. The Balaban J connectivity index is 2.12. The van der Waals surface area contributed by atoms with E-state index in [0.717, 1.165) is 16.8 Å². The van der Waals surface area contributed by atoms with E-state index in [0.29, 0.717) is 10.9 Å². The largest absolute Gasteiger partial charge is 0.478 e. The number of halogens is 2. The van der Waals surface area contributed by atoms with E-state index >= 15 is 0 Å². The minimum Gasteiger partial charge on any atom is -0.478 e. The molecule has 1 aromatic heterocycles. The van der Waals surface area contributed by atoms with Crippen LogP contribution in [0.25, 0.3) is 32.9 Å². The lowest BCUT2D eigenvalue weighted by Crippen LogP contribution is -2.02. The van der Waals surface area contributed by atoms with Crippen LogP contribution >= 0.6 is 0 Å². The maximum Gasteiger partial charge on any atom is 0.336 e. The SMILES string of the molecule is O=C(O)c1cc(-c2cccc(F)c2F)nc2ccc3ccccc3c12. The highest BCUT2D eigenvalue weighted by atomic mass is 19.2. The van der Waals surface area contributed by atoms with Gasteiger partial charge in [-0.1, -0.05) is 36.4 Å². The van der Waals surface area contributed by atoms with Gasteiger partial charge in [-0.05, 0) is 35.0 Å². The van der Waals surface area contributed by atoms with Gasteiger partial charge in [0.25, 0.3) is 0 Å². The molecule has 0 aliphatic heterocycles. The molecule has 4 aromatic rings. The highest BCUT2D eigenvalue weighted by Gasteiger charge is 2.18. The molecule has 3 nitrogen and oxygen atoms in total. The number of rotatable bonds is 2. The Morgan fingerprint density at radius 2 is 1.76 bits per heavy atom. The molecule has 4 rings (SSSR count). The molecule has 122 valence electrons. The lowest BCUT2D eigenvalue weighted by Gasteiger charge is -2.10. The number of fused-ring (bicyclic) bond motifs is 3. The first-order valence-electron chi connectivity index (χ1n) is 7.56. The molecule has 0 unspecified atom stereocenters. The number of hydrogen-bond donors (Lipinski definition) is 1. The van der Waals surface area contributed by atoms with Gasteiger partial charge >= 0.3 is 5.97 Å². The van der Waals surface area contributed by atoms with E-state index in [1.165, 1.54) is 18.2 Å². The predicted octanol–water partition coefficient (Wildman–Crippen LogP) is 5.03. The van der Waals surface area contributed by atoms with Gasteiger partial charge in [0.05, 0.1) is 16.8 Å². The number of carboxylic acids is 1. The van der Waals surface area contributed by atoms with E-state index in [1.807, 2.05) is 30.3 Å². The van der Waals surface area contributed by atoms with Gasteiger partial charge in [0.1, 0.15) is 0 Å². The van der Waals surface area contributed by atoms with Crippen LogP contribution in [0.5, 0.6) is 0 Å². The summed E-state index contributed by atoms with van der Waals surface area (Å²) in [5.41, 5.74) is 0.424. The third kappa shape index (κ3) is 2.41. The summed E-state index contributed by atoms with van der Waals surface area (Å²) >= 11 is 0. The summed E-state index contributed by atoms with van der Waals surface area (Å²) in [4.78, 5) is 16.2. The summed E-state index contributed by atoms with van der Waals surface area (Å²) in [7, 11) is 0. The molecule has 0 spiro atoms. The lowest BCUT2D eigenvalue weighted by molar-refractivity contribution is 0.0699. The molecule has 0 aliphatic rings. The van der Waals surface area contributed by atoms with Crippen molar-refractivity contribution in [2.24, 2.45) is 0 Å². The molecule has 5 heteroatoms. The number of hydrogen-bond acceptors (Lipinski definition) is 2. The third-order valence-electron chi connectivity index (χ3n) is 4.16. The van der Waals surface area contributed by atoms with Crippen molar-refractivity contribution in [3.8, 4) is 11.3 Å². The monoisotopic (exact) mass is 335 g/mol. The zero-order chi connectivity index (χ0) is 17.6. The Morgan fingerprint density at radius 3 is 2.56 bits per heavy atom. The summed E-state index contributed by atoms with van der Waals surface area (Å²) < 4.78 is 27.6. The molecule has 1 heterocycles. The van der Waals surface area contributed by atoms with E-state index in [9.17, 15) is 18.7 Å². The summed E-state index contributed by atoms with van der Waals surface area (Å²) in [6.07, 6.45) is 0. The number of carbonyl (C=O) groups is 1. The van der Waals surface area contributed by atoms with E-state index in [-0.39, 0.29) is 16.8 Å². The Kier molecular flexibility index (Phi) is 3.42. The van der Waals surface area contributed by atoms with Crippen LogP contribution in [0.4, 0.5) is 8.78 Å². The van der Waals surface area contributed by atoms with Crippen LogP contribution < -0.4 is 0 Å². The molecule has 0 radical (unpaired) electrons. The highest BCUT2D eigenvalue weighted by Crippen LogP contribution is 2.32. The first-order valence-corrected chi connectivity index (χ1v) is 7.56. The van der Waals surface area contributed by atoms with Crippen molar-refractivity contribution < 1.29 is 18.7 Å². The van der Waals surface area contributed by atoms with Crippen molar-refractivity contribution in [1.82, 2.24) is 4.98 Å². The van der Waals surface area contributed by atoms with E-state index in [1.54, 1.807) is 6.07 Å². The Morgan fingerprint density at radius 1 is 0.960 bits per heavy atom. The highest BCUT2D eigenvalue weighted by molar-refractivity contribution is 6.15. The molecular formula is C20H11F2NO2. The third-order valence-corrected chi connectivity index (χ3v) is 4.16. The molecule has 25 heavy (non-hydrogen) atoms. The minimum atomic E-state index is -1.15. The van der Waals surface area contributed by atoms with Gasteiger partial charge in [0.15, 0.2) is 11.6 Å². The number of nitrogens with zero attached hydrogens (tertiary/aromatic N) is 1. The first kappa shape index (κ1) is 15.2. The molecule has 0 atom stereocenters. The average molecular weight is 335 g/mol. The van der Waals surface area contributed by atoms with Gasteiger partial charge in [-0.25, -0.2) is 18.6 Å². The molecule has 0 amide bonds. The zero-order valence-corrected chi connectivity index (χ0v) is 12.8. The van der Waals surface area contributed by atoms with E-state index in [4.69, 9.17) is 0 Å². The quantitative estimate of drug-likeness (QED) is 0.523. The summed E-state index contributed by atoms with van der Waals surface area (Å²) in [5.74, 6) is -3.21. The molecule has 0 aliphatic carbocycles. The molecule has 3 aromatic carbocycles. The fourth-order valence-corrected chi connectivity index (χ4v) is 3.02. The maximum atomic E-state index is 14.1. The smallest absolute Gasteiger partial charge is 0.336 e. The molecular weight excluding hydrogens is 324 g/mol. The standard InChI is InChI=1S/C20H11F2NO2/c21-15-7-3-6-13(19(15)22)17-10-14(20(24)25)18-12-5-2-1-4-11(12)8-9-16(18)23-17/h1-10H,(H,24,25). The number of aromatic carboxylic acids is 1. The number of carboxylic acid groups (broad SMARTS) is 1. The summed E-state index contributed by atoms with van der Waals surface area (Å²) in [5, 5.41) is 11.7. The first-order chi connectivity index (χ1) is 12.1. The molecule has 1 N–H and O–H groups in total. The Hall–Kier alpha value is -3.34. The zero-order valence-electron chi connectivity index (χ0n) is 12.8. The number of aromatic nitrogens is 1. The van der Waals surface area contributed by atoms with Crippen LogP contribution in [0.3, 0.4) is 0 Å². The van der Waals surface area contributed by atoms with Gasteiger partial charge in [0, 0.05) is 10.9 Å². The molecule has 0 fully saturated rings. The van der Waals surface area contributed by atoms with Crippen LogP contribution in [0.2, 0.25) is 0 Å². The van der Waals surface area contributed by atoms with Crippen LogP contribution in [0.15, 0.2) is 60.7 Å². The van der Waals surface area contributed by atoms with Crippen LogP contribution in [-0.4, -0.2) is 16.1 Å². The van der Waals surface area contributed by atoms with Crippen molar-refractivity contribution in [1.29, 1.82) is 0 Å². The van der Waals surface area contributed by atoms with Gasteiger partial charge in [-0.15, -0.1) is 0 Å². The van der Waals surface area contributed by atoms with Crippen LogP contribution in [-0.2, 0) is 0 Å². The fraction of sp³-hybridized carbons (Fsp3) is 0. The Bertz CT molecular complexity index is 1160. The minimum absolute atomic E-state index is 0.000427. The van der Waals surface area contributed by atoms with Crippen molar-refractivity contribution in [2.45, 2.75) is 0 Å². The summed E-state index contributed by atoms with van der Waals surface area (Å²) in [6, 6.07) is 15.9. The normalized spacial score (nSPS) is 11.1. The van der Waals surface area contributed by atoms with Gasteiger partial charge in [-0.2, -0.15) is 0 Å². The average Bonchev–Trinajstić information content (AvgIpc) is 2.62. The fourth-order valence-electron chi connectivity index (χ4n) is 3.02. The van der Waals surface area contributed by atoms with Crippen molar-refractivity contribution in [2.75, 3.05) is 0 Å². The predicted molar refractivity (Wildman–Crippen MR) is 91.6 cm³/mol. The maximum absolute atomic E-state index is 14.1. The molecule has 0 saturated heterocycles.